The summed E-state index contributed by atoms with van der Waals surface area (Å²) >= 11 is 5.03. The molecule has 0 saturated carbocycles. The molecule has 1 aliphatic rings. The van der Waals surface area contributed by atoms with Crippen LogP contribution in [-0.4, -0.2) is 29.0 Å². The quantitative estimate of drug-likeness (QED) is 0.592. The Kier molecular flexibility index (Phi) is 3.05. The monoisotopic (exact) mass is 235 g/mol. The molecule has 0 spiro atoms. The highest BCUT2D eigenvalue weighted by Gasteiger charge is 2.22. The number of hydrogen-bond donors (Lipinski definition) is 2. The molecule has 2 rings (SSSR count). The van der Waals surface area contributed by atoms with E-state index in [1.165, 1.54) is 5.56 Å². The van der Waals surface area contributed by atoms with Crippen LogP contribution in [-0.2, 0) is 11.2 Å². The molecule has 16 heavy (non-hydrogen) atoms. The number of hydrogen-bond acceptors (Lipinski definition) is 3. The average molecular weight is 235 g/mol. The second-order valence-electron chi connectivity index (χ2n) is 3.77. The summed E-state index contributed by atoms with van der Waals surface area (Å²) < 4.78 is 0. The fourth-order valence-electron chi connectivity index (χ4n) is 1.61. The van der Waals surface area contributed by atoms with Gasteiger partial charge in [-0.1, -0.05) is 12.1 Å². The van der Waals surface area contributed by atoms with Crippen LogP contribution in [0.1, 0.15) is 5.56 Å². The molecule has 1 heterocycles. The zero-order valence-corrected chi connectivity index (χ0v) is 9.59. The first kappa shape index (κ1) is 10.9. The first-order valence-corrected chi connectivity index (χ1v) is 5.49. The molecule has 0 atom stereocenters. The number of nitrogens with two attached hydrogens (primary N) is 1. The van der Waals surface area contributed by atoms with E-state index in [9.17, 15) is 4.79 Å². The predicted molar refractivity (Wildman–Crippen MR) is 66.9 cm³/mol. The van der Waals surface area contributed by atoms with E-state index in [4.69, 9.17) is 18.0 Å². The van der Waals surface area contributed by atoms with Gasteiger partial charge in [0.25, 0.3) is 0 Å². The summed E-state index contributed by atoms with van der Waals surface area (Å²) in [5.74, 6) is -0.0256. The zero-order valence-electron chi connectivity index (χ0n) is 8.77. The number of nitrogens with zero attached hydrogens (tertiary/aromatic N) is 1. The van der Waals surface area contributed by atoms with E-state index >= 15 is 0 Å². The average Bonchev–Trinajstić information content (AvgIpc) is 2.57. The molecule has 0 unspecified atom stereocenters. The van der Waals surface area contributed by atoms with E-state index in [1.54, 1.807) is 0 Å². The zero-order chi connectivity index (χ0) is 11.5. The van der Waals surface area contributed by atoms with Crippen LogP contribution < -0.4 is 11.1 Å². The van der Waals surface area contributed by atoms with E-state index in [2.05, 4.69) is 5.32 Å². The normalized spacial score (nSPS) is 15.4. The summed E-state index contributed by atoms with van der Waals surface area (Å²) in [4.78, 5) is 12.9. The van der Waals surface area contributed by atoms with E-state index in [0.717, 1.165) is 18.7 Å². The minimum Gasteiger partial charge on any atom is -0.399 e. The molecule has 1 aromatic rings. The molecule has 84 valence electrons. The minimum atomic E-state index is -0.0256. The Labute approximate surface area is 99.4 Å². The number of carbonyl (C=O) groups excluding carboxylic acids is 1. The van der Waals surface area contributed by atoms with Crippen LogP contribution >= 0.6 is 12.2 Å². The lowest BCUT2D eigenvalue weighted by atomic mass is 10.1. The summed E-state index contributed by atoms with van der Waals surface area (Å²) in [7, 11) is 0. The molecule has 1 amide bonds. The first-order chi connectivity index (χ1) is 7.65. The molecule has 1 fully saturated rings. The lowest BCUT2D eigenvalue weighted by Gasteiger charge is -2.14. The van der Waals surface area contributed by atoms with Crippen LogP contribution in [0, 0.1) is 0 Å². The number of thiocarbonyl (C=S) groups is 1. The van der Waals surface area contributed by atoms with Gasteiger partial charge in [-0.15, -0.1) is 0 Å². The van der Waals surface area contributed by atoms with Crippen molar-refractivity contribution in [1.29, 1.82) is 0 Å². The van der Waals surface area contributed by atoms with E-state index in [1.807, 2.05) is 29.2 Å². The number of anilines is 1. The summed E-state index contributed by atoms with van der Waals surface area (Å²) in [6.45, 7) is 1.12. The third kappa shape index (κ3) is 2.49. The fourth-order valence-corrected chi connectivity index (χ4v) is 1.88. The molecule has 1 aliphatic heterocycles. The second kappa shape index (κ2) is 4.49. The van der Waals surface area contributed by atoms with E-state index < -0.39 is 0 Å². The Morgan fingerprint density at radius 2 is 2.06 bits per heavy atom. The number of amides is 1. The first-order valence-electron chi connectivity index (χ1n) is 5.08. The summed E-state index contributed by atoms with van der Waals surface area (Å²) in [5, 5.41) is 3.14. The number of carbonyl (C=O) groups is 1. The van der Waals surface area contributed by atoms with Crippen LogP contribution in [0.5, 0.6) is 0 Å². The number of nitrogen functional groups attached to an aromatic ring is 1. The van der Waals surface area contributed by atoms with Gasteiger partial charge < -0.3 is 16.0 Å². The summed E-state index contributed by atoms with van der Waals surface area (Å²) in [6.07, 6.45) is 0.857. The van der Waals surface area contributed by atoms with Gasteiger partial charge in [0.15, 0.2) is 5.11 Å². The lowest BCUT2D eigenvalue weighted by molar-refractivity contribution is -0.118. The van der Waals surface area contributed by atoms with Crippen LogP contribution in [0.4, 0.5) is 5.69 Å². The minimum absolute atomic E-state index is 0.0256. The van der Waals surface area contributed by atoms with Gasteiger partial charge >= 0.3 is 0 Å². The van der Waals surface area contributed by atoms with Gasteiger partial charge in [-0.25, -0.2) is 0 Å². The molecule has 4 nitrogen and oxygen atoms in total. The molecular weight excluding hydrogens is 222 g/mol. The van der Waals surface area contributed by atoms with Crippen molar-refractivity contribution >= 4 is 28.9 Å². The summed E-state index contributed by atoms with van der Waals surface area (Å²) in [5.41, 5.74) is 7.55. The van der Waals surface area contributed by atoms with Gasteiger partial charge in [-0.05, 0) is 36.3 Å². The summed E-state index contributed by atoms with van der Waals surface area (Å²) in [6, 6.07) is 7.73. The van der Waals surface area contributed by atoms with Crippen LogP contribution in [0.15, 0.2) is 24.3 Å². The predicted octanol–water partition coefficient (Wildman–Crippen LogP) is 0.528. The van der Waals surface area contributed by atoms with Crippen LogP contribution in [0.2, 0.25) is 0 Å². The molecule has 0 aliphatic carbocycles. The van der Waals surface area contributed by atoms with Gasteiger partial charge in [0, 0.05) is 12.2 Å². The van der Waals surface area contributed by atoms with E-state index in [0.29, 0.717) is 11.7 Å². The van der Waals surface area contributed by atoms with Crippen molar-refractivity contribution < 1.29 is 4.79 Å². The third-order valence-corrected chi connectivity index (χ3v) is 2.88. The standard InChI is InChI=1S/C11H13N3OS/c12-9-3-1-8(2-4-9)5-6-14-7-10(15)13-11(14)16/h1-4H,5-7,12H2,(H,13,15,16). The van der Waals surface area contributed by atoms with Gasteiger partial charge in [-0.2, -0.15) is 0 Å². The Morgan fingerprint density at radius 3 is 2.62 bits per heavy atom. The van der Waals surface area contributed by atoms with E-state index in [-0.39, 0.29) is 5.91 Å². The fraction of sp³-hybridized carbons (Fsp3) is 0.273. The highest BCUT2D eigenvalue weighted by atomic mass is 32.1. The number of benzene rings is 1. The van der Waals surface area contributed by atoms with Gasteiger partial charge in [0.05, 0.1) is 6.54 Å². The molecule has 0 aromatic heterocycles. The largest absolute Gasteiger partial charge is 0.399 e. The molecule has 0 radical (unpaired) electrons. The number of nitrogens with one attached hydrogen (secondary N) is 1. The third-order valence-electron chi connectivity index (χ3n) is 2.52. The highest BCUT2D eigenvalue weighted by molar-refractivity contribution is 7.80. The van der Waals surface area contributed by atoms with Gasteiger partial charge in [0.1, 0.15) is 0 Å². The molecule has 5 heteroatoms. The van der Waals surface area contributed by atoms with Crippen LogP contribution in [0.3, 0.4) is 0 Å². The SMILES string of the molecule is Nc1ccc(CCN2CC(=O)NC2=S)cc1. The Hall–Kier alpha value is -1.62. The van der Waals surface area contributed by atoms with Crippen molar-refractivity contribution in [2.24, 2.45) is 0 Å². The maximum absolute atomic E-state index is 11.1. The molecule has 0 bridgehead atoms. The van der Waals surface area contributed by atoms with Crippen molar-refractivity contribution in [2.45, 2.75) is 6.42 Å². The lowest BCUT2D eigenvalue weighted by Crippen LogP contribution is -2.29. The highest BCUT2D eigenvalue weighted by Crippen LogP contribution is 2.08. The molecule has 1 saturated heterocycles. The maximum atomic E-state index is 11.1. The smallest absolute Gasteiger partial charge is 0.245 e. The van der Waals surface area contributed by atoms with Crippen molar-refractivity contribution in [3.8, 4) is 0 Å². The Morgan fingerprint density at radius 1 is 1.38 bits per heavy atom. The Balaban J connectivity index is 1.90. The van der Waals surface area contributed by atoms with Gasteiger partial charge in [0.2, 0.25) is 5.91 Å². The van der Waals surface area contributed by atoms with Crippen molar-refractivity contribution in [3.63, 3.8) is 0 Å². The second-order valence-corrected chi connectivity index (χ2v) is 4.15. The van der Waals surface area contributed by atoms with Crippen LogP contribution in [0.25, 0.3) is 0 Å². The number of rotatable bonds is 3. The maximum Gasteiger partial charge on any atom is 0.245 e. The Bertz CT molecular complexity index is 416. The van der Waals surface area contributed by atoms with Crippen molar-refractivity contribution in [2.75, 3.05) is 18.8 Å². The van der Waals surface area contributed by atoms with Crippen molar-refractivity contribution in [1.82, 2.24) is 10.2 Å². The molecular formula is C11H13N3OS. The topological polar surface area (TPSA) is 58.4 Å². The molecule has 1 aromatic carbocycles. The van der Waals surface area contributed by atoms with Crippen molar-refractivity contribution in [3.05, 3.63) is 29.8 Å². The molecule has 3 N–H and O–H groups in total. The van der Waals surface area contributed by atoms with Gasteiger partial charge in [-0.3, -0.25) is 4.79 Å².